The van der Waals surface area contributed by atoms with E-state index < -0.39 is 0 Å². The van der Waals surface area contributed by atoms with E-state index in [9.17, 15) is 9.59 Å². The van der Waals surface area contributed by atoms with Crippen LogP contribution in [0.15, 0.2) is 41.8 Å². The summed E-state index contributed by atoms with van der Waals surface area (Å²) in [4.78, 5) is 27.0. The molecule has 0 unspecified atom stereocenters. The summed E-state index contributed by atoms with van der Waals surface area (Å²) in [6.45, 7) is 6.48. The maximum atomic E-state index is 12.2. The topological polar surface area (TPSA) is 61.4 Å². The molecule has 0 bridgehead atoms. The van der Waals surface area contributed by atoms with Crippen LogP contribution in [-0.4, -0.2) is 36.3 Å². The van der Waals surface area contributed by atoms with Crippen molar-refractivity contribution in [1.29, 1.82) is 0 Å². The zero-order chi connectivity index (χ0) is 18.1. The summed E-state index contributed by atoms with van der Waals surface area (Å²) in [5, 5.41) is 7.62. The molecule has 2 rings (SSSR count). The van der Waals surface area contributed by atoms with E-state index in [0.29, 0.717) is 17.1 Å². The van der Waals surface area contributed by atoms with E-state index in [1.807, 2.05) is 11.4 Å². The Hall–Kier alpha value is -2.18. The predicted octanol–water partition coefficient (Wildman–Crippen LogP) is 4.06. The van der Waals surface area contributed by atoms with E-state index in [1.54, 1.807) is 30.3 Å². The highest BCUT2D eigenvalue weighted by Crippen LogP contribution is 2.16. The largest absolute Gasteiger partial charge is 0.325 e. The van der Waals surface area contributed by atoms with Crippen LogP contribution in [0.4, 0.5) is 11.4 Å². The third-order valence-corrected chi connectivity index (χ3v) is 4.49. The molecular formula is C19H25N3O2S. The molecular weight excluding hydrogens is 334 g/mol. The molecule has 0 aliphatic heterocycles. The zero-order valence-corrected chi connectivity index (χ0v) is 15.6. The van der Waals surface area contributed by atoms with Gasteiger partial charge in [0.25, 0.3) is 5.91 Å². The lowest BCUT2D eigenvalue weighted by Gasteiger charge is -2.20. The van der Waals surface area contributed by atoms with Crippen molar-refractivity contribution in [2.45, 2.75) is 26.7 Å². The number of hydrogen-bond donors (Lipinski definition) is 2. The number of thiophene rings is 1. The molecule has 5 nitrogen and oxygen atoms in total. The number of rotatable bonds is 9. The third-order valence-electron chi connectivity index (χ3n) is 3.62. The van der Waals surface area contributed by atoms with Gasteiger partial charge in [-0.1, -0.05) is 19.9 Å². The number of anilines is 2. The number of carbonyl (C=O) groups excluding carboxylic acids is 2. The molecule has 0 fully saturated rings. The minimum absolute atomic E-state index is 0.0164. The average molecular weight is 359 g/mol. The normalized spacial score (nSPS) is 10.7. The van der Waals surface area contributed by atoms with Crippen molar-refractivity contribution in [1.82, 2.24) is 4.90 Å². The van der Waals surface area contributed by atoms with Crippen LogP contribution >= 0.6 is 11.3 Å². The number of hydrogen-bond acceptors (Lipinski definition) is 4. The van der Waals surface area contributed by atoms with Crippen molar-refractivity contribution in [3.63, 3.8) is 0 Å². The van der Waals surface area contributed by atoms with Crippen molar-refractivity contribution in [3.05, 3.63) is 46.7 Å². The second kappa shape index (κ2) is 9.96. The molecule has 2 N–H and O–H groups in total. The van der Waals surface area contributed by atoms with Crippen LogP contribution in [0.5, 0.6) is 0 Å². The van der Waals surface area contributed by atoms with Gasteiger partial charge in [0.05, 0.1) is 11.4 Å². The molecule has 0 aliphatic rings. The molecule has 0 atom stereocenters. The van der Waals surface area contributed by atoms with Crippen LogP contribution in [0.1, 0.15) is 36.4 Å². The average Bonchev–Trinajstić information content (AvgIpc) is 3.12. The molecule has 1 aromatic heterocycles. The summed E-state index contributed by atoms with van der Waals surface area (Å²) in [6, 6.07) is 10.8. The molecule has 2 aromatic rings. The van der Waals surface area contributed by atoms with Gasteiger partial charge in [-0.2, -0.15) is 0 Å². The molecule has 0 aliphatic carbocycles. The molecule has 2 amide bonds. The Morgan fingerprint density at radius 3 is 2.08 bits per heavy atom. The van der Waals surface area contributed by atoms with Crippen LogP contribution in [0, 0.1) is 0 Å². The maximum absolute atomic E-state index is 12.2. The van der Waals surface area contributed by atoms with Crippen molar-refractivity contribution in [2.24, 2.45) is 0 Å². The maximum Gasteiger partial charge on any atom is 0.265 e. The first-order valence-corrected chi connectivity index (χ1v) is 9.47. The Morgan fingerprint density at radius 1 is 0.960 bits per heavy atom. The molecule has 1 aromatic carbocycles. The number of nitrogens with zero attached hydrogens (tertiary/aromatic N) is 1. The van der Waals surface area contributed by atoms with Gasteiger partial charge in [-0.25, -0.2) is 0 Å². The molecule has 1 heterocycles. The first kappa shape index (κ1) is 19.1. The van der Waals surface area contributed by atoms with Crippen molar-refractivity contribution >= 4 is 34.5 Å². The SMILES string of the molecule is CCCN(CCC)CC(=O)Nc1ccc(NC(=O)c2cccs2)cc1. The second-order valence-corrected chi connectivity index (χ2v) is 6.78. The fraction of sp³-hybridized carbons (Fsp3) is 0.368. The van der Waals surface area contributed by atoms with E-state index in [-0.39, 0.29) is 11.8 Å². The highest BCUT2D eigenvalue weighted by atomic mass is 32.1. The van der Waals surface area contributed by atoms with E-state index >= 15 is 0 Å². The van der Waals surface area contributed by atoms with Gasteiger partial charge >= 0.3 is 0 Å². The van der Waals surface area contributed by atoms with E-state index in [2.05, 4.69) is 29.4 Å². The smallest absolute Gasteiger partial charge is 0.265 e. The zero-order valence-electron chi connectivity index (χ0n) is 14.7. The van der Waals surface area contributed by atoms with E-state index in [0.717, 1.165) is 31.6 Å². The molecule has 0 radical (unpaired) electrons. The van der Waals surface area contributed by atoms with E-state index in [4.69, 9.17) is 0 Å². The summed E-state index contributed by atoms with van der Waals surface area (Å²) in [7, 11) is 0. The number of carbonyl (C=O) groups is 2. The van der Waals surface area contributed by atoms with Crippen LogP contribution in [0.2, 0.25) is 0 Å². The van der Waals surface area contributed by atoms with E-state index in [1.165, 1.54) is 11.3 Å². The number of nitrogens with one attached hydrogen (secondary N) is 2. The van der Waals surface area contributed by atoms with Crippen molar-refractivity contribution in [3.8, 4) is 0 Å². The first-order chi connectivity index (χ1) is 12.1. The third kappa shape index (κ3) is 6.32. The minimum Gasteiger partial charge on any atom is -0.325 e. The fourth-order valence-electron chi connectivity index (χ4n) is 2.54. The monoisotopic (exact) mass is 359 g/mol. The Balaban J connectivity index is 1.87. The van der Waals surface area contributed by atoms with Gasteiger partial charge in [0.1, 0.15) is 0 Å². The Labute approximate surface area is 153 Å². The van der Waals surface area contributed by atoms with Gasteiger partial charge in [0.15, 0.2) is 0 Å². The predicted molar refractivity (Wildman–Crippen MR) is 104 cm³/mol. The van der Waals surface area contributed by atoms with Gasteiger partial charge in [0.2, 0.25) is 5.91 Å². The molecule has 25 heavy (non-hydrogen) atoms. The Morgan fingerprint density at radius 2 is 1.56 bits per heavy atom. The van der Waals surface area contributed by atoms with Gasteiger partial charge < -0.3 is 10.6 Å². The van der Waals surface area contributed by atoms with Gasteiger partial charge in [-0.15, -0.1) is 11.3 Å². The first-order valence-electron chi connectivity index (χ1n) is 8.59. The quantitative estimate of drug-likeness (QED) is 0.710. The molecule has 134 valence electrons. The van der Waals surface area contributed by atoms with Gasteiger partial charge in [-0.3, -0.25) is 14.5 Å². The van der Waals surface area contributed by atoms with Gasteiger partial charge in [0, 0.05) is 11.4 Å². The highest BCUT2D eigenvalue weighted by molar-refractivity contribution is 7.12. The lowest BCUT2D eigenvalue weighted by Crippen LogP contribution is -2.34. The lowest BCUT2D eigenvalue weighted by molar-refractivity contribution is -0.117. The second-order valence-electron chi connectivity index (χ2n) is 5.83. The Bertz CT molecular complexity index is 662. The highest BCUT2D eigenvalue weighted by Gasteiger charge is 2.10. The fourth-order valence-corrected chi connectivity index (χ4v) is 3.16. The van der Waals surface area contributed by atoms with Crippen LogP contribution in [-0.2, 0) is 4.79 Å². The molecule has 0 saturated carbocycles. The summed E-state index contributed by atoms with van der Waals surface area (Å²) in [6.07, 6.45) is 2.07. The lowest BCUT2D eigenvalue weighted by atomic mass is 10.2. The summed E-state index contributed by atoms with van der Waals surface area (Å²) in [5.74, 6) is -0.140. The summed E-state index contributed by atoms with van der Waals surface area (Å²) < 4.78 is 0. The molecule has 0 spiro atoms. The minimum atomic E-state index is -0.124. The Kier molecular flexibility index (Phi) is 7.63. The summed E-state index contributed by atoms with van der Waals surface area (Å²) >= 11 is 1.40. The number of benzene rings is 1. The number of amides is 2. The summed E-state index contributed by atoms with van der Waals surface area (Å²) in [5.41, 5.74) is 1.43. The molecule has 0 saturated heterocycles. The van der Waals surface area contributed by atoms with Crippen LogP contribution in [0.3, 0.4) is 0 Å². The van der Waals surface area contributed by atoms with Gasteiger partial charge in [-0.05, 0) is 61.6 Å². The molecule has 6 heteroatoms. The van der Waals surface area contributed by atoms with Crippen molar-refractivity contribution < 1.29 is 9.59 Å². The van der Waals surface area contributed by atoms with Crippen LogP contribution < -0.4 is 10.6 Å². The standard InChI is InChI=1S/C19H25N3O2S/c1-3-11-22(12-4-2)14-18(23)20-15-7-9-16(10-8-15)21-19(24)17-6-5-13-25-17/h5-10,13H,3-4,11-12,14H2,1-2H3,(H,20,23)(H,21,24). The van der Waals surface area contributed by atoms with Crippen molar-refractivity contribution in [2.75, 3.05) is 30.3 Å². The van der Waals surface area contributed by atoms with Crippen LogP contribution in [0.25, 0.3) is 0 Å².